The molecule has 0 radical (unpaired) electrons. The van der Waals surface area contributed by atoms with E-state index in [-0.39, 0.29) is 10.9 Å². The first-order valence-electron chi connectivity index (χ1n) is 5.16. The van der Waals surface area contributed by atoms with Crippen molar-refractivity contribution < 1.29 is 29.2 Å². The summed E-state index contributed by atoms with van der Waals surface area (Å²) >= 11 is 0. The van der Waals surface area contributed by atoms with Gasteiger partial charge in [-0.3, -0.25) is 4.79 Å². The van der Waals surface area contributed by atoms with Crippen molar-refractivity contribution in [3.63, 3.8) is 0 Å². The van der Waals surface area contributed by atoms with Crippen molar-refractivity contribution >= 4 is 11.9 Å². The summed E-state index contributed by atoms with van der Waals surface area (Å²) in [4.78, 5) is 25.7. The van der Waals surface area contributed by atoms with Gasteiger partial charge >= 0.3 is 11.9 Å². The van der Waals surface area contributed by atoms with Gasteiger partial charge in [-0.05, 0) is 5.92 Å². The lowest BCUT2D eigenvalue weighted by molar-refractivity contribution is -0.712. The van der Waals surface area contributed by atoms with E-state index in [1.807, 2.05) is 0 Å². The lowest BCUT2D eigenvalue weighted by Gasteiger charge is -2.22. The number of hydrazine groups is 1. The first kappa shape index (κ1) is 15.9. The number of ether oxygens (including phenoxy) is 1. The first-order valence-corrected chi connectivity index (χ1v) is 5.16. The van der Waals surface area contributed by atoms with Gasteiger partial charge in [-0.1, -0.05) is 13.8 Å². The van der Waals surface area contributed by atoms with Crippen molar-refractivity contribution in [3.05, 3.63) is 5.21 Å². The summed E-state index contributed by atoms with van der Waals surface area (Å²) in [6.45, 7) is 3.97. The molecule has 1 atom stereocenters. The maximum atomic E-state index is 11.4. The van der Waals surface area contributed by atoms with E-state index in [9.17, 15) is 14.8 Å². The molecule has 0 spiro atoms. The zero-order chi connectivity index (χ0) is 14.3. The first-order chi connectivity index (χ1) is 8.27. The number of carbonyl (C=O) groups is 2. The summed E-state index contributed by atoms with van der Waals surface area (Å²) in [7, 11) is 1.27. The van der Waals surface area contributed by atoms with Gasteiger partial charge < -0.3 is 19.9 Å². The van der Waals surface area contributed by atoms with E-state index >= 15 is 0 Å². The van der Waals surface area contributed by atoms with E-state index in [0.717, 1.165) is 5.01 Å². The van der Waals surface area contributed by atoms with Crippen LogP contribution in [0.2, 0.25) is 0 Å². The molecule has 0 rings (SSSR count). The van der Waals surface area contributed by atoms with Crippen LogP contribution in [0.4, 0.5) is 0 Å². The quantitative estimate of drug-likeness (QED) is 0.176. The molecular weight excluding hydrogens is 246 g/mol. The van der Waals surface area contributed by atoms with Gasteiger partial charge in [0.15, 0.2) is 6.04 Å². The molecule has 0 fully saturated rings. The second kappa shape index (κ2) is 7.30. The number of rotatable bonds is 7. The number of carboxylic acid groups (broad SMARTS) is 1. The van der Waals surface area contributed by atoms with Crippen LogP contribution in [0.5, 0.6) is 0 Å². The molecule has 0 unspecified atom stereocenters. The summed E-state index contributed by atoms with van der Waals surface area (Å²) in [5, 5.41) is 24.2. The van der Waals surface area contributed by atoms with Crippen molar-refractivity contribution in [2.45, 2.75) is 26.8 Å². The molecule has 0 aromatic rings. The molecule has 1 N–H and O–H groups in total. The zero-order valence-corrected chi connectivity index (χ0v) is 10.7. The van der Waals surface area contributed by atoms with Crippen molar-refractivity contribution in [3.8, 4) is 0 Å². The average Bonchev–Trinajstić information content (AvgIpc) is 2.22. The largest absolute Gasteiger partial charge is 0.569 e. The molecule has 0 saturated heterocycles. The molecule has 0 aliphatic rings. The van der Waals surface area contributed by atoms with Gasteiger partial charge in [-0.2, -0.15) is 0 Å². The average molecular weight is 263 g/mol. The Labute approximate surface area is 104 Å². The SMILES string of the molecule is CC(=O)OCO/N=[N+](\[O-])N(C)[C@H](C(=O)O)C(C)C. The zero-order valence-electron chi connectivity index (χ0n) is 10.7. The summed E-state index contributed by atoms with van der Waals surface area (Å²) in [5.74, 6) is -2.03. The van der Waals surface area contributed by atoms with E-state index < -0.39 is 24.8 Å². The minimum Gasteiger partial charge on any atom is -0.569 e. The standard InChI is InChI=1S/C9H17N3O6/c1-6(2)8(9(14)15)11(4)12(16)10-18-5-17-7(3)13/h6,8H,5H2,1-4H3,(H,14,15)/b12-10-/t8-/m0/s1. The van der Waals surface area contributed by atoms with Gasteiger partial charge in [-0.25, -0.2) is 4.79 Å². The fourth-order valence-electron chi connectivity index (χ4n) is 1.22. The minimum atomic E-state index is -1.15. The van der Waals surface area contributed by atoms with Crippen LogP contribution in [0.3, 0.4) is 0 Å². The molecule has 0 aromatic carbocycles. The molecule has 9 heteroatoms. The highest BCUT2D eigenvalue weighted by atomic mass is 16.8. The molecule has 18 heavy (non-hydrogen) atoms. The Bertz CT molecular complexity index is 330. The van der Waals surface area contributed by atoms with Crippen LogP contribution in [-0.2, 0) is 19.2 Å². The number of nitrogens with zero attached hydrogens (tertiary/aromatic N) is 3. The van der Waals surface area contributed by atoms with Gasteiger partial charge in [0.2, 0.25) is 5.28 Å². The van der Waals surface area contributed by atoms with Crippen LogP contribution >= 0.6 is 0 Å². The van der Waals surface area contributed by atoms with Crippen molar-refractivity contribution in [2.24, 2.45) is 11.2 Å². The summed E-state index contributed by atoms with van der Waals surface area (Å²) in [6, 6.07) is -1.04. The Morgan fingerprint density at radius 3 is 2.44 bits per heavy atom. The third kappa shape index (κ3) is 5.32. The van der Waals surface area contributed by atoms with E-state index in [0.29, 0.717) is 0 Å². The molecule has 104 valence electrons. The Hall–Kier alpha value is -2.06. The lowest BCUT2D eigenvalue weighted by Crippen LogP contribution is -2.45. The van der Waals surface area contributed by atoms with Gasteiger partial charge in [0.05, 0.1) is 12.0 Å². The fraction of sp³-hybridized carbons (Fsp3) is 0.778. The van der Waals surface area contributed by atoms with Crippen molar-refractivity contribution in [1.29, 1.82) is 0 Å². The molecule has 0 aliphatic carbocycles. The minimum absolute atomic E-state index is 0.0116. The molecule has 0 amide bonds. The van der Waals surface area contributed by atoms with Gasteiger partial charge in [-0.15, -0.1) is 5.01 Å². The highest BCUT2D eigenvalue weighted by Gasteiger charge is 2.31. The van der Waals surface area contributed by atoms with Crippen LogP contribution < -0.4 is 0 Å². The van der Waals surface area contributed by atoms with Crippen LogP contribution in [-0.4, -0.2) is 46.9 Å². The molecule has 0 heterocycles. The monoisotopic (exact) mass is 263 g/mol. The highest BCUT2D eigenvalue weighted by molar-refractivity contribution is 5.73. The van der Waals surface area contributed by atoms with Crippen molar-refractivity contribution in [2.75, 3.05) is 13.8 Å². The van der Waals surface area contributed by atoms with Gasteiger partial charge in [0.1, 0.15) is 0 Å². The molecule has 0 aliphatic heterocycles. The Morgan fingerprint density at radius 2 is 2.06 bits per heavy atom. The fourth-order valence-corrected chi connectivity index (χ4v) is 1.22. The topological polar surface area (TPSA) is 114 Å². The highest BCUT2D eigenvalue weighted by Crippen LogP contribution is 2.09. The number of hydrogen-bond donors (Lipinski definition) is 1. The van der Waals surface area contributed by atoms with E-state index in [2.05, 4.69) is 14.9 Å². The Balaban J connectivity index is 4.46. The number of carbonyl (C=O) groups excluding carboxylic acids is 1. The number of aliphatic carboxylic acids is 1. The van der Waals surface area contributed by atoms with Gasteiger partial charge in [0.25, 0.3) is 6.79 Å². The summed E-state index contributed by atoms with van der Waals surface area (Å²) in [6.07, 6.45) is 0. The maximum Gasteiger partial charge on any atom is 0.332 e. The molecular formula is C9H17N3O6. The predicted molar refractivity (Wildman–Crippen MR) is 57.8 cm³/mol. The Morgan fingerprint density at radius 1 is 1.50 bits per heavy atom. The number of carboxylic acids is 1. The lowest BCUT2D eigenvalue weighted by atomic mass is 10.1. The maximum absolute atomic E-state index is 11.4. The number of esters is 1. The smallest absolute Gasteiger partial charge is 0.332 e. The molecule has 0 saturated carbocycles. The molecule has 0 bridgehead atoms. The third-order valence-corrected chi connectivity index (χ3v) is 2.00. The van der Waals surface area contributed by atoms with E-state index in [1.54, 1.807) is 13.8 Å². The number of likely N-dealkylation sites (N-methyl/N-ethyl adjacent to an activating group) is 1. The summed E-state index contributed by atoms with van der Waals surface area (Å²) < 4.78 is 4.37. The van der Waals surface area contributed by atoms with Gasteiger partial charge in [0, 0.05) is 6.92 Å². The van der Waals surface area contributed by atoms with Crippen LogP contribution in [0, 0.1) is 11.1 Å². The van der Waals surface area contributed by atoms with Crippen LogP contribution in [0.15, 0.2) is 5.28 Å². The van der Waals surface area contributed by atoms with E-state index in [1.165, 1.54) is 14.0 Å². The van der Waals surface area contributed by atoms with E-state index in [4.69, 9.17) is 5.11 Å². The predicted octanol–water partition coefficient (Wildman–Crippen LogP) is 0.357. The van der Waals surface area contributed by atoms with Crippen LogP contribution in [0.1, 0.15) is 20.8 Å². The normalized spacial score (nSPS) is 13.1. The Kier molecular flexibility index (Phi) is 6.47. The van der Waals surface area contributed by atoms with Crippen molar-refractivity contribution in [1.82, 2.24) is 5.01 Å². The molecule has 9 nitrogen and oxygen atoms in total. The second-order valence-electron chi connectivity index (χ2n) is 3.82. The summed E-state index contributed by atoms with van der Waals surface area (Å²) in [5.41, 5.74) is 0. The molecule has 0 aromatic heterocycles. The number of hydrogen-bond acceptors (Lipinski definition) is 6. The van der Waals surface area contributed by atoms with Crippen LogP contribution in [0.25, 0.3) is 0 Å². The second-order valence-corrected chi connectivity index (χ2v) is 3.82. The third-order valence-electron chi connectivity index (χ3n) is 2.00.